The summed E-state index contributed by atoms with van der Waals surface area (Å²) < 4.78 is 5.74. The number of rotatable bonds is 5. The van der Waals surface area contributed by atoms with E-state index in [4.69, 9.17) is 4.42 Å². The molecular weight excluding hydrogens is 338 g/mol. The topological polar surface area (TPSA) is 82.1 Å². The van der Waals surface area contributed by atoms with Gasteiger partial charge in [0.2, 0.25) is 5.89 Å². The van der Waals surface area contributed by atoms with Crippen molar-refractivity contribution in [3.63, 3.8) is 0 Å². The van der Waals surface area contributed by atoms with Gasteiger partial charge in [0.05, 0.1) is 4.92 Å². The maximum Gasteiger partial charge on any atom is 0.277 e. The van der Waals surface area contributed by atoms with Crippen molar-refractivity contribution >= 4 is 17.4 Å². The maximum absolute atomic E-state index is 10.9. The number of benzene rings is 2. The summed E-state index contributed by atoms with van der Waals surface area (Å²) in [5.41, 5.74) is 4.16. The first-order valence-corrected chi connectivity index (χ1v) is 8.64. The van der Waals surface area contributed by atoms with Gasteiger partial charge >= 0.3 is 0 Å². The lowest BCUT2D eigenvalue weighted by Crippen LogP contribution is -1.92. The average molecular weight is 355 g/mol. The van der Waals surface area contributed by atoms with Crippen LogP contribution in [0, 0.1) is 24.0 Å². The molecule has 1 aromatic heterocycles. The van der Waals surface area contributed by atoms with E-state index in [-0.39, 0.29) is 10.9 Å². The van der Waals surface area contributed by atoms with Crippen molar-refractivity contribution in [1.29, 1.82) is 0 Å². The summed E-state index contributed by atoms with van der Waals surface area (Å²) in [6.07, 6.45) is 0. The second-order valence-electron chi connectivity index (χ2n) is 5.78. The Bertz CT molecular complexity index is 923. The highest BCUT2D eigenvalue weighted by atomic mass is 32.2. The van der Waals surface area contributed by atoms with Gasteiger partial charge in [-0.15, -0.1) is 10.2 Å². The summed E-state index contributed by atoms with van der Waals surface area (Å²) in [7, 11) is 0. The first-order valence-electron chi connectivity index (χ1n) is 7.76. The molecular formula is C18H17N3O3S. The number of aryl methyl sites for hydroxylation is 2. The lowest BCUT2D eigenvalue weighted by Gasteiger charge is -2.08. The minimum Gasteiger partial charge on any atom is -0.411 e. The molecule has 2 aromatic carbocycles. The van der Waals surface area contributed by atoms with Crippen LogP contribution in [0.25, 0.3) is 11.5 Å². The molecule has 0 N–H and O–H groups in total. The van der Waals surface area contributed by atoms with Gasteiger partial charge in [-0.1, -0.05) is 30.0 Å². The van der Waals surface area contributed by atoms with Crippen LogP contribution in [0.2, 0.25) is 0 Å². The summed E-state index contributed by atoms with van der Waals surface area (Å²) in [5, 5.41) is 19.5. The highest BCUT2D eigenvalue weighted by molar-refractivity contribution is 7.99. The molecule has 0 fully saturated rings. The molecule has 0 amide bonds. The molecule has 0 saturated carbocycles. The molecule has 3 rings (SSSR count). The molecule has 0 aliphatic carbocycles. The van der Waals surface area contributed by atoms with Gasteiger partial charge in [-0.05, 0) is 49.6 Å². The van der Waals surface area contributed by atoms with E-state index in [1.165, 1.54) is 23.4 Å². The first kappa shape index (κ1) is 17.2. The largest absolute Gasteiger partial charge is 0.411 e. The van der Waals surface area contributed by atoms with Crippen LogP contribution in [-0.2, 0) is 0 Å². The van der Waals surface area contributed by atoms with Crippen LogP contribution in [0.15, 0.2) is 52.1 Å². The maximum atomic E-state index is 10.9. The van der Waals surface area contributed by atoms with E-state index in [1.54, 1.807) is 12.1 Å². The van der Waals surface area contributed by atoms with Crippen molar-refractivity contribution in [2.24, 2.45) is 0 Å². The van der Waals surface area contributed by atoms with E-state index >= 15 is 0 Å². The summed E-state index contributed by atoms with van der Waals surface area (Å²) >= 11 is 1.38. The van der Waals surface area contributed by atoms with Crippen LogP contribution in [0.5, 0.6) is 0 Å². The fourth-order valence-corrected chi connectivity index (χ4v) is 3.16. The minimum absolute atomic E-state index is 0.0482. The van der Waals surface area contributed by atoms with Gasteiger partial charge in [-0.2, -0.15) is 0 Å². The van der Waals surface area contributed by atoms with Crippen molar-refractivity contribution in [2.45, 2.75) is 31.2 Å². The monoisotopic (exact) mass is 355 g/mol. The standard InChI is InChI=1S/C18H17N3O3S/c1-11-7-8-15(9-12(11)2)17-19-20-18(24-17)25-13(3)14-5-4-6-16(10-14)21(22)23/h4-10,13H,1-3H3. The number of non-ortho nitro benzene ring substituents is 1. The molecule has 6 nitrogen and oxygen atoms in total. The predicted octanol–water partition coefficient (Wildman–Crippen LogP) is 5.11. The van der Waals surface area contributed by atoms with E-state index in [9.17, 15) is 10.1 Å². The Morgan fingerprint density at radius 3 is 2.64 bits per heavy atom. The van der Waals surface area contributed by atoms with Gasteiger partial charge in [0.25, 0.3) is 10.9 Å². The van der Waals surface area contributed by atoms with E-state index in [2.05, 4.69) is 17.1 Å². The lowest BCUT2D eigenvalue weighted by molar-refractivity contribution is -0.384. The lowest BCUT2D eigenvalue weighted by atomic mass is 10.1. The minimum atomic E-state index is -0.397. The highest BCUT2D eigenvalue weighted by Crippen LogP contribution is 2.36. The fourth-order valence-electron chi connectivity index (χ4n) is 2.36. The Hall–Kier alpha value is -2.67. The predicted molar refractivity (Wildman–Crippen MR) is 96.6 cm³/mol. The third-order valence-corrected chi connectivity index (χ3v) is 4.98. The van der Waals surface area contributed by atoms with Crippen LogP contribution >= 0.6 is 11.8 Å². The summed E-state index contributed by atoms with van der Waals surface area (Å²) in [6.45, 7) is 6.04. The number of nitrogens with zero attached hydrogens (tertiary/aromatic N) is 3. The molecule has 7 heteroatoms. The smallest absolute Gasteiger partial charge is 0.277 e. The molecule has 0 aliphatic heterocycles. The molecule has 1 atom stereocenters. The van der Waals surface area contributed by atoms with Crippen molar-refractivity contribution in [3.05, 3.63) is 69.3 Å². The van der Waals surface area contributed by atoms with E-state index in [1.807, 2.05) is 38.1 Å². The summed E-state index contributed by atoms with van der Waals surface area (Å²) in [6, 6.07) is 12.6. The van der Waals surface area contributed by atoms with E-state index < -0.39 is 4.92 Å². The zero-order valence-corrected chi connectivity index (χ0v) is 14.9. The van der Waals surface area contributed by atoms with Gasteiger partial charge in [0, 0.05) is 22.9 Å². The number of nitro groups is 1. The van der Waals surface area contributed by atoms with Crippen LogP contribution in [0.3, 0.4) is 0 Å². The van der Waals surface area contributed by atoms with Crippen LogP contribution < -0.4 is 0 Å². The number of aromatic nitrogens is 2. The summed E-state index contributed by atoms with van der Waals surface area (Å²) in [4.78, 5) is 10.5. The Kier molecular flexibility index (Phi) is 4.85. The van der Waals surface area contributed by atoms with Gasteiger partial charge in [0.1, 0.15) is 0 Å². The average Bonchev–Trinajstić information content (AvgIpc) is 3.06. The van der Waals surface area contributed by atoms with Gasteiger partial charge < -0.3 is 4.42 Å². The van der Waals surface area contributed by atoms with Gasteiger partial charge in [-0.25, -0.2) is 0 Å². The number of hydrogen-bond acceptors (Lipinski definition) is 6. The molecule has 1 unspecified atom stereocenters. The molecule has 25 heavy (non-hydrogen) atoms. The number of thioether (sulfide) groups is 1. The second-order valence-corrected chi connectivity index (χ2v) is 7.08. The Balaban J connectivity index is 1.77. The Labute approximate surface area is 149 Å². The van der Waals surface area contributed by atoms with Crippen LogP contribution in [0.4, 0.5) is 5.69 Å². The second kappa shape index (κ2) is 7.06. The SMILES string of the molecule is Cc1ccc(-c2nnc(SC(C)c3cccc([N+](=O)[O-])c3)o2)cc1C. The summed E-state index contributed by atoms with van der Waals surface area (Å²) in [5.74, 6) is 0.469. The third-order valence-electron chi connectivity index (χ3n) is 3.99. The molecule has 1 heterocycles. The highest BCUT2D eigenvalue weighted by Gasteiger charge is 2.16. The normalized spacial score (nSPS) is 12.1. The number of hydrogen-bond donors (Lipinski definition) is 0. The third kappa shape index (κ3) is 3.88. The first-order chi connectivity index (χ1) is 11.9. The van der Waals surface area contributed by atoms with E-state index in [0.29, 0.717) is 11.1 Å². The van der Waals surface area contributed by atoms with Gasteiger partial charge in [-0.3, -0.25) is 10.1 Å². The fraction of sp³-hybridized carbons (Fsp3) is 0.222. The van der Waals surface area contributed by atoms with Gasteiger partial charge in [0.15, 0.2) is 0 Å². The van der Waals surface area contributed by atoms with Crippen LogP contribution in [-0.4, -0.2) is 15.1 Å². The molecule has 0 saturated heterocycles. The molecule has 128 valence electrons. The molecule has 0 bridgehead atoms. The Morgan fingerprint density at radius 1 is 1.12 bits per heavy atom. The van der Waals surface area contributed by atoms with Crippen molar-refractivity contribution < 1.29 is 9.34 Å². The Morgan fingerprint density at radius 2 is 1.92 bits per heavy atom. The molecule has 0 spiro atoms. The van der Waals surface area contributed by atoms with Crippen molar-refractivity contribution in [3.8, 4) is 11.5 Å². The van der Waals surface area contributed by atoms with Crippen molar-refractivity contribution in [1.82, 2.24) is 10.2 Å². The van der Waals surface area contributed by atoms with E-state index in [0.717, 1.165) is 16.7 Å². The molecule has 0 radical (unpaired) electrons. The van der Waals surface area contributed by atoms with Crippen molar-refractivity contribution in [2.75, 3.05) is 0 Å². The quantitative estimate of drug-likeness (QED) is 0.359. The molecule has 3 aromatic rings. The molecule has 0 aliphatic rings. The zero-order valence-electron chi connectivity index (χ0n) is 14.1. The zero-order chi connectivity index (χ0) is 18.0. The number of nitro benzene ring substituents is 1. The van der Waals surface area contributed by atoms with Crippen LogP contribution in [0.1, 0.15) is 28.9 Å².